The van der Waals surface area contributed by atoms with Crippen molar-refractivity contribution < 1.29 is 9.59 Å². The number of ketones is 2. The average molecular weight is 595 g/mol. The number of fused-ring (bicyclic) bond motifs is 10. The molecule has 238 valence electrons. The van der Waals surface area contributed by atoms with Crippen LogP contribution in [0.4, 0.5) is 0 Å². The van der Waals surface area contributed by atoms with Crippen LogP contribution in [-0.4, -0.2) is 11.6 Å². The van der Waals surface area contributed by atoms with Gasteiger partial charge in [0.05, 0.1) is 0 Å². The van der Waals surface area contributed by atoms with Gasteiger partial charge in [-0.25, -0.2) is 0 Å². The SMILES string of the molecule is C=C1C[C@@H]2[C@H](CC[C@]3(C)[C@@H](C(C)=O)CC[C@@H]23)[C@@]2(C)C(=CC3CC4C5CCC[C@@]5(C)CCC4[C@@]4(C)CC=CCC34)CC(=O)C=C12. The second-order valence-electron chi connectivity index (χ2n) is 18.4. The van der Waals surface area contributed by atoms with Gasteiger partial charge in [0.25, 0.3) is 0 Å². The first-order valence-corrected chi connectivity index (χ1v) is 18.7. The highest BCUT2D eigenvalue weighted by Crippen LogP contribution is 2.70. The molecule has 8 aliphatic rings. The summed E-state index contributed by atoms with van der Waals surface area (Å²) in [5, 5.41) is 0. The molecule has 8 rings (SSSR count). The van der Waals surface area contributed by atoms with Gasteiger partial charge in [0, 0.05) is 17.8 Å². The van der Waals surface area contributed by atoms with Crippen molar-refractivity contribution in [3.63, 3.8) is 0 Å². The smallest absolute Gasteiger partial charge is 0.160 e. The number of carbonyl (C=O) groups excluding carboxylic acids is 2. The molecule has 0 spiro atoms. The van der Waals surface area contributed by atoms with Crippen molar-refractivity contribution in [3.8, 4) is 0 Å². The van der Waals surface area contributed by atoms with Crippen LogP contribution in [-0.2, 0) is 9.59 Å². The summed E-state index contributed by atoms with van der Waals surface area (Å²) >= 11 is 0. The maximum Gasteiger partial charge on any atom is 0.160 e. The fraction of sp³-hybridized carbons (Fsp3) is 0.762. The second-order valence-corrected chi connectivity index (χ2v) is 18.4. The Bertz CT molecular complexity index is 1380. The number of allylic oxidation sites excluding steroid dienone is 6. The van der Waals surface area contributed by atoms with Crippen LogP contribution in [0.3, 0.4) is 0 Å². The summed E-state index contributed by atoms with van der Waals surface area (Å²) < 4.78 is 0. The molecule has 44 heavy (non-hydrogen) atoms. The van der Waals surface area contributed by atoms with Crippen molar-refractivity contribution in [1.29, 1.82) is 0 Å². The third-order valence-electron chi connectivity index (χ3n) is 16.9. The Balaban J connectivity index is 1.20. The van der Waals surface area contributed by atoms with E-state index in [4.69, 9.17) is 6.58 Å². The predicted octanol–water partition coefficient (Wildman–Crippen LogP) is 10.3. The molecule has 8 aliphatic carbocycles. The highest BCUT2D eigenvalue weighted by atomic mass is 16.1. The van der Waals surface area contributed by atoms with Crippen LogP contribution >= 0.6 is 0 Å². The van der Waals surface area contributed by atoms with Crippen molar-refractivity contribution in [2.24, 2.45) is 74.9 Å². The molecule has 0 heterocycles. The fourth-order valence-electron chi connectivity index (χ4n) is 14.8. The van der Waals surface area contributed by atoms with Gasteiger partial charge in [0.2, 0.25) is 0 Å². The zero-order valence-electron chi connectivity index (χ0n) is 28.4. The molecule has 5 unspecified atom stereocenters. The van der Waals surface area contributed by atoms with Crippen molar-refractivity contribution in [3.05, 3.63) is 47.6 Å². The summed E-state index contributed by atoms with van der Waals surface area (Å²) in [6.45, 7) is 16.8. The average Bonchev–Trinajstić information content (AvgIpc) is 3.54. The number of rotatable bonds is 2. The minimum atomic E-state index is -0.101. The van der Waals surface area contributed by atoms with E-state index in [9.17, 15) is 9.59 Å². The summed E-state index contributed by atoms with van der Waals surface area (Å²) in [5.41, 5.74) is 4.89. The second kappa shape index (κ2) is 9.90. The van der Waals surface area contributed by atoms with E-state index >= 15 is 0 Å². The van der Waals surface area contributed by atoms with E-state index in [0.717, 1.165) is 37.0 Å². The predicted molar refractivity (Wildman–Crippen MR) is 179 cm³/mol. The lowest BCUT2D eigenvalue weighted by atomic mass is 9.43. The molecule has 0 bridgehead atoms. The molecule has 2 nitrogen and oxygen atoms in total. The lowest BCUT2D eigenvalue weighted by Gasteiger charge is -2.62. The van der Waals surface area contributed by atoms with Crippen molar-refractivity contribution >= 4 is 11.6 Å². The first kappa shape index (κ1) is 29.7. The third-order valence-corrected chi connectivity index (χ3v) is 16.9. The van der Waals surface area contributed by atoms with Crippen molar-refractivity contribution in [2.75, 3.05) is 0 Å². The van der Waals surface area contributed by atoms with E-state index < -0.39 is 0 Å². The summed E-state index contributed by atoms with van der Waals surface area (Å²) in [4.78, 5) is 26.3. The van der Waals surface area contributed by atoms with Crippen LogP contribution in [0.1, 0.15) is 125 Å². The summed E-state index contributed by atoms with van der Waals surface area (Å²) in [5.74, 6) is 6.44. The quantitative estimate of drug-likeness (QED) is 0.298. The Morgan fingerprint density at radius 2 is 1.64 bits per heavy atom. The Hall–Kier alpha value is -1.70. The maximum absolute atomic E-state index is 13.5. The molecule has 0 radical (unpaired) electrons. The Morgan fingerprint density at radius 3 is 2.43 bits per heavy atom. The lowest BCUT2D eigenvalue weighted by molar-refractivity contribution is -0.127. The number of hydrogen-bond donors (Lipinski definition) is 0. The van der Waals surface area contributed by atoms with Gasteiger partial charge in [-0.05, 0) is 159 Å². The highest BCUT2D eigenvalue weighted by molar-refractivity contribution is 5.95. The molecule has 0 aromatic heterocycles. The lowest BCUT2D eigenvalue weighted by Crippen LogP contribution is -2.54. The molecule has 0 amide bonds. The van der Waals surface area contributed by atoms with Crippen molar-refractivity contribution in [2.45, 2.75) is 125 Å². The Labute approximate surface area is 267 Å². The van der Waals surface area contributed by atoms with Gasteiger partial charge in [-0.3, -0.25) is 9.59 Å². The summed E-state index contributed by atoms with van der Waals surface area (Å²) in [7, 11) is 0. The van der Waals surface area contributed by atoms with Gasteiger partial charge in [-0.2, -0.15) is 0 Å². The highest BCUT2D eigenvalue weighted by Gasteiger charge is 2.62. The summed E-state index contributed by atoms with van der Waals surface area (Å²) in [6, 6.07) is 0. The van der Waals surface area contributed by atoms with Crippen molar-refractivity contribution in [1.82, 2.24) is 0 Å². The normalized spacial score (nSPS) is 53.6. The van der Waals surface area contributed by atoms with Crippen LogP contribution in [0.15, 0.2) is 47.6 Å². The number of hydrogen-bond acceptors (Lipinski definition) is 2. The molecule has 13 atom stereocenters. The molecule has 0 aromatic carbocycles. The first-order chi connectivity index (χ1) is 20.9. The van der Waals surface area contributed by atoms with Gasteiger partial charge in [0.15, 0.2) is 5.78 Å². The fourth-order valence-corrected chi connectivity index (χ4v) is 14.8. The van der Waals surface area contributed by atoms with Crippen LogP contribution < -0.4 is 0 Å². The summed E-state index contributed by atoms with van der Waals surface area (Å²) in [6.07, 6.45) is 26.9. The zero-order chi connectivity index (χ0) is 30.8. The molecular formula is C42H58O2. The monoisotopic (exact) mass is 594 g/mol. The van der Waals surface area contributed by atoms with E-state index in [0.29, 0.717) is 58.4 Å². The van der Waals surface area contributed by atoms with Gasteiger partial charge >= 0.3 is 0 Å². The standard InChI is InChI=1S/C42H58O2/c1-25-20-30-35-13-12-32(26(2)43)41(35,5)19-15-37(30)42(6)28(23-29(44)24-38(25)42)21-27-22-31-34-11-9-16-39(34,3)18-14-36(31)40(4)17-8-7-10-33(27)40/h7-8,21,24,27,30-37H,1,9-20,22-23H2,2-6H3/t27?,30-,31?,32+,33?,34?,35-,36?,37-,39-,40-,41+,42+/m0/s1. The largest absolute Gasteiger partial charge is 0.300 e. The van der Waals surface area contributed by atoms with Crippen LogP contribution in [0.2, 0.25) is 0 Å². The number of Topliss-reactive ketones (excluding diaryl/α,β-unsaturated/α-hetero) is 1. The van der Waals surface area contributed by atoms with Gasteiger partial charge in [-0.1, -0.05) is 70.1 Å². The maximum atomic E-state index is 13.5. The Kier molecular flexibility index (Phi) is 6.68. The molecule has 0 aliphatic heterocycles. The van der Waals surface area contributed by atoms with E-state index in [1.165, 1.54) is 80.9 Å². The van der Waals surface area contributed by atoms with Gasteiger partial charge in [0.1, 0.15) is 5.78 Å². The molecule has 2 heteroatoms. The molecule has 6 saturated carbocycles. The topological polar surface area (TPSA) is 34.1 Å². The zero-order valence-corrected chi connectivity index (χ0v) is 28.4. The van der Waals surface area contributed by atoms with Crippen LogP contribution in [0.5, 0.6) is 0 Å². The van der Waals surface area contributed by atoms with E-state index in [1.807, 2.05) is 13.0 Å². The molecule has 0 saturated heterocycles. The third kappa shape index (κ3) is 3.90. The minimum absolute atomic E-state index is 0.101. The van der Waals surface area contributed by atoms with E-state index in [1.54, 1.807) is 0 Å². The van der Waals surface area contributed by atoms with Gasteiger partial charge < -0.3 is 0 Å². The van der Waals surface area contributed by atoms with Gasteiger partial charge in [-0.15, -0.1) is 0 Å². The minimum Gasteiger partial charge on any atom is -0.300 e. The Morgan fingerprint density at radius 1 is 0.864 bits per heavy atom. The van der Waals surface area contributed by atoms with E-state index in [2.05, 4.69) is 45.9 Å². The van der Waals surface area contributed by atoms with Crippen LogP contribution in [0.25, 0.3) is 0 Å². The molecular weight excluding hydrogens is 536 g/mol. The molecule has 0 N–H and O–H groups in total. The molecule has 6 fully saturated rings. The van der Waals surface area contributed by atoms with Crippen LogP contribution in [0, 0.1) is 74.9 Å². The first-order valence-electron chi connectivity index (χ1n) is 18.7. The molecule has 0 aromatic rings. The number of carbonyl (C=O) groups is 2. The van der Waals surface area contributed by atoms with E-state index in [-0.39, 0.29) is 16.7 Å².